The summed E-state index contributed by atoms with van der Waals surface area (Å²) in [7, 11) is 3.75. The first kappa shape index (κ1) is 13.9. The van der Waals surface area contributed by atoms with Gasteiger partial charge in [0.05, 0.1) is 18.3 Å². The van der Waals surface area contributed by atoms with Crippen LogP contribution in [0.4, 0.5) is 11.4 Å². The molecule has 0 aliphatic carbocycles. The number of amides is 1. The van der Waals surface area contributed by atoms with Gasteiger partial charge in [0.1, 0.15) is 5.76 Å². The van der Waals surface area contributed by atoms with Crippen molar-refractivity contribution in [1.82, 2.24) is 10.3 Å². The van der Waals surface area contributed by atoms with Crippen LogP contribution in [0.25, 0.3) is 0 Å². The summed E-state index contributed by atoms with van der Waals surface area (Å²) in [6, 6.07) is 5.24. The lowest BCUT2D eigenvalue weighted by Crippen LogP contribution is -2.25. The molecule has 0 bridgehead atoms. The van der Waals surface area contributed by atoms with Crippen LogP contribution in [0.15, 0.2) is 28.8 Å². The molecule has 106 valence electrons. The molecule has 3 N–H and O–H groups in total. The molecule has 1 aromatic carbocycles. The average molecular weight is 274 g/mol. The van der Waals surface area contributed by atoms with E-state index in [0.29, 0.717) is 22.9 Å². The van der Waals surface area contributed by atoms with Gasteiger partial charge in [-0.2, -0.15) is 0 Å². The third kappa shape index (κ3) is 3.09. The van der Waals surface area contributed by atoms with Gasteiger partial charge in [0.25, 0.3) is 5.91 Å². The molecule has 6 heteroatoms. The SMILES string of the molecule is Cc1cnc(CNC(=O)c2cc(N)ccc2N(C)C)o1. The van der Waals surface area contributed by atoms with Gasteiger partial charge in [-0.15, -0.1) is 0 Å². The van der Waals surface area contributed by atoms with E-state index in [1.54, 1.807) is 25.3 Å². The van der Waals surface area contributed by atoms with Gasteiger partial charge in [-0.25, -0.2) is 4.98 Å². The van der Waals surface area contributed by atoms with Crippen LogP contribution >= 0.6 is 0 Å². The number of anilines is 2. The van der Waals surface area contributed by atoms with E-state index in [1.807, 2.05) is 25.1 Å². The van der Waals surface area contributed by atoms with Crippen molar-refractivity contribution in [3.05, 3.63) is 41.6 Å². The second-order valence-electron chi connectivity index (χ2n) is 4.72. The maximum atomic E-state index is 12.2. The first-order valence-corrected chi connectivity index (χ1v) is 6.23. The normalized spacial score (nSPS) is 10.3. The Morgan fingerprint density at radius 3 is 2.80 bits per heavy atom. The van der Waals surface area contributed by atoms with Gasteiger partial charge in [-0.3, -0.25) is 4.79 Å². The van der Waals surface area contributed by atoms with Gasteiger partial charge in [0.2, 0.25) is 5.89 Å². The van der Waals surface area contributed by atoms with Gasteiger partial charge in [-0.1, -0.05) is 0 Å². The van der Waals surface area contributed by atoms with E-state index < -0.39 is 0 Å². The Balaban J connectivity index is 2.14. The second-order valence-corrected chi connectivity index (χ2v) is 4.72. The van der Waals surface area contributed by atoms with Crippen LogP contribution < -0.4 is 16.0 Å². The smallest absolute Gasteiger partial charge is 0.253 e. The maximum Gasteiger partial charge on any atom is 0.253 e. The van der Waals surface area contributed by atoms with E-state index in [0.717, 1.165) is 5.69 Å². The molecule has 2 aromatic rings. The van der Waals surface area contributed by atoms with Gasteiger partial charge in [0.15, 0.2) is 0 Å². The Bertz CT molecular complexity index is 619. The number of nitrogens with two attached hydrogens (primary N) is 1. The zero-order chi connectivity index (χ0) is 14.7. The molecule has 0 radical (unpaired) electrons. The van der Waals surface area contributed by atoms with Gasteiger partial charge in [-0.05, 0) is 25.1 Å². The van der Waals surface area contributed by atoms with Crippen molar-refractivity contribution in [2.45, 2.75) is 13.5 Å². The van der Waals surface area contributed by atoms with Crippen molar-refractivity contribution in [3.63, 3.8) is 0 Å². The van der Waals surface area contributed by atoms with Gasteiger partial charge >= 0.3 is 0 Å². The quantitative estimate of drug-likeness (QED) is 0.827. The zero-order valence-electron chi connectivity index (χ0n) is 11.8. The average Bonchev–Trinajstić information content (AvgIpc) is 2.81. The monoisotopic (exact) mass is 274 g/mol. The van der Waals surface area contributed by atoms with Gasteiger partial charge < -0.3 is 20.4 Å². The van der Waals surface area contributed by atoms with E-state index in [-0.39, 0.29) is 12.5 Å². The summed E-state index contributed by atoms with van der Waals surface area (Å²) in [5, 5.41) is 2.77. The predicted octanol–water partition coefficient (Wildman–Crippen LogP) is 1.56. The summed E-state index contributed by atoms with van der Waals surface area (Å²) in [6.07, 6.45) is 1.62. The molecular formula is C14H18N4O2. The summed E-state index contributed by atoms with van der Waals surface area (Å²) in [5.74, 6) is 0.982. The molecular weight excluding hydrogens is 256 g/mol. The Labute approximate surface area is 117 Å². The highest BCUT2D eigenvalue weighted by Crippen LogP contribution is 2.21. The third-order valence-electron chi connectivity index (χ3n) is 2.82. The van der Waals surface area contributed by atoms with E-state index in [4.69, 9.17) is 10.2 Å². The molecule has 0 aliphatic rings. The number of aromatic nitrogens is 1. The van der Waals surface area contributed by atoms with Crippen LogP contribution in [0.2, 0.25) is 0 Å². The van der Waals surface area contributed by atoms with Crippen molar-refractivity contribution >= 4 is 17.3 Å². The topological polar surface area (TPSA) is 84.4 Å². The molecule has 2 rings (SSSR count). The Kier molecular flexibility index (Phi) is 3.93. The Morgan fingerprint density at radius 1 is 1.45 bits per heavy atom. The molecule has 1 amide bonds. The Morgan fingerprint density at radius 2 is 2.20 bits per heavy atom. The van der Waals surface area contributed by atoms with Crippen LogP contribution in [0, 0.1) is 6.92 Å². The number of benzene rings is 1. The second kappa shape index (κ2) is 5.64. The molecule has 1 heterocycles. The molecule has 0 aliphatic heterocycles. The van der Waals surface area contributed by atoms with Crippen molar-refractivity contribution in [2.75, 3.05) is 24.7 Å². The predicted molar refractivity (Wildman–Crippen MR) is 77.6 cm³/mol. The van der Waals surface area contributed by atoms with Crippen molar-refractivity contribution < 1.29 is 9.21 Å². The lowest BCUT2D eigenvalue weighted by atomic mass is 10.1. The van der Waals surface area contributed by atoms with Crippen LogP contribution in [0.3, 0.4) is 0 Å². The van der Waals surface area contributed by atoms with E-state index in [2.05, 4.69) is 10.3 Å². The van der Waals surface area contributed by atoms with E-state index in [1.165, 1.54) is 0 Å². The number of nitrogens with one attached hydrogen (secondary N) is 1. The number of nitrogens with zero attached hydrogens (tertiary/aromatic N) is 2. The van der Waals surface area contributed by atoms with Crippen LogP contribution in [-0.4, -0.2) is 25.0 Å². The number of hydrogen-bond acceptors (Lipinski definition) is 5. The Hall–Kier alpha value is -2.50. The summed E-state index contributed by atoms with van der Waals surface area (Å²) in [6.45, 7) is 2.05. The lowest BCUT2D eigenvalue weighted by molar-refractivity contribution is 0.0947. The summed E-state index contributed by atoms with van der Waals surface area (Å²) < 4.78 is 5.31. The molecule has 0 unspecified atom stereocenters. The van der Waals surface area contributed by atoms with Gasteiger partial charge in [0, 0.05) is 25.5 Å². The fraction of sp³-hybridized carbons (Fsp3) is 0.286. The summed E-state index contributed by atoms with van der Waals surface area (Å²) in [5.41, 5.74) is 7.63. The van der Waals surface area contributed by atoms with E-state index in [9.17, 15) is 4.79 Å². The molecule has 1 aromatic heterocycles. The number of aryl methyl sites for hydroxylation is 1. The molecule has 0 fully saturated rings. The standard InChI is InChI=1S/C14H18N4O2/c1-9-7-16-13(20-9)8-17-14(19)11-6-10(15)4-5-12(11)18(2)3/h4-7H,8,15H2,1-3H3,(H,17,19). The highest BCUT2D eigenvalue weighted by molar-refractivity contribution is 6.00. The number of oxazole rings is 1. The first-order valence-electron chi connectivity index (χ1n) is 6.23. The zero-order valence-corrected chi connectivity index (χ0v) is 11.8. The fourth-order valence-electron chi connectivity index (χ4n) is 1.86. The fourth-order valence-corrected chi connectivity index (χ4v) is 1.86. The molecule has 6 nitrogen and oxygen atoms in total. The minimum Gasteiger partial charge on any atom is -0.444 e. The highest BCUT2D eigenvalue weighted by Gasteiger charge is 2.14. The summed E-state index contributed by atoms with van der Waals surface area (Å²) >= 11 is 0. The number of carbonyl (C=O) groups is 1. The van der Waals surface area contributed by atoms with Crippen molar-refractivity contribution in [3.8, 4) is 0 Å². The third-order valence-corrected chi connectivity index (χ3v) is 2.82. The molecule has 0 spiro atoms. The van der Waals surface area contributed by atoms with Crippen molar-refractivity contribution in [2.24, 2.45) is 0 Å². The number of carbonyl (C=O) groups excluding carboxylic acids is 1. The number of rotatable bonds is 4. The van der Waals surface area contributed by atoms with E-state index >= 15 is 0 Å². The summed E-state index contributed by atoms with van der Waals surface area (Å²) in [4.78, 5) is 18.1. The largest absolute Gasteiger partial charge is 0.444 e. The number of hydrogen-bond donors (Lipinski definition) is 2. The van der Waals surface area contributed by atoms with Crippen LogP contribution in [0.5, 0.6) is 0 Å². The molecule has 0 saturated carbocycles. The molecule has 0 atom stereocenters. The van der Waals surface area contributed by atoms with Crippen molar-refractivity contribution in [1.29, 1.82) is 0 Å². The van der Waals surface area contributed by atoms with Crippen LogP contribution in [-0.2, 0) is 6.54 Å². The minimum atomic E-state index is -0.211. The lowest BCUT2D eigenvalue weighted by Gasteiger charge is -2.17. The first-order chi connectivity index (χ1) is 9.47. The molecule has 20 heavy (non-hydrogen) atoms. The number of nitrogen functional groups attached to an aromatic ring is 1. The highest BCUT2D eigenvalue weighted by atomic mass is 16.4. The van der Waals surface area contributed by atoms with Crippen LogP contribution in [0.1, 0.15) is 22.0 Å². The minimum absolute atomic E-state index is 0.211. The molecule has 0 saturated heterocycles. The maximum absolute atomic E-state index is 12.2.